The molecule has 1 aromatic heterocycles. The summed E-state index contributed by atoms with van der Waals surface area (Å²) in [6.45, 7) is 8.49. The molecule has 35 heavy (non-hydrogen) atoms. The van der Waals surface area contributed by atoms with E-state index in [1.807, 2.05) is 22.8 Å². The van der Waals surface area contributed by atoms with Crippen LogP contribution in [0.15, 0.2) is 72.4 Å². The second-order valence-electron chi connectivity index (χ2n) is 8.33. The summed E-state index contributed by atoms with van der Waals surface area (Å²) in [4.78, 5) is 25.4. The van der Waals surface area contributed by atoms with Crippen molar-refractivity contribution in [3.63, 3.8) is 0 Å². The molecule has 0 saturated carbocycles. The number of thioether (sulfide) groups is 1. The molecular weight excluding hydrogens is 462 g/mol. The first-order chi connectivity index (χ1) is 16.9. The second-order valence-corrected chi connectivity index (χ2v) is 9.27. The number of hydrogen-bond donors (Lipinski definition) is 2. The molecule has 0 radical (unpaired) electrons. The summed E-state index contributed by atoms with van der Waals surface area (Å²) in [5.74, 6) is 1.51. The highest BCUT2D eigenvalue weighted by atomic mass is 32.2. The summed E-state index contributed by atoms with van der Waals surface area (Å²) >= 11 is 1.29. The Morgan fingerprint density at radius 1 is 1.11 bits per heavy atom. The first-order valence-corrected chi connectivity index (χ1v) is 12.4. The predicted octanol–water partition coefficient (Wildman–Crippen LogP) is 4.72. The van der Waals surface area contributed by atoms with Gasteiger partial charge in [0.25, 0.3) is 5.91 Å². The van der Waals surface area contributed by atoms with E-state index in [0.29, 0.717) is 41.1 Å². The van der Waals surface area contributed by atoms with Gasteiger partial charge in [0, 0.05) is 17.8 Å². The number of amides is 2. The minimum absolute atomic E-state index is 0.159. The van der Waals surface area contributed by atoms with Crippen molar-refractivity contribution in [1.29, 1.82) is 0 Å². The summed E-state index contributed by atoms with van der Waals surface area (Å²) in [7, 11) is 1.59. The maximum atomic E-state index is 12.9. The van der Waals surface area contributed by atoms with Gasteiger partial charge in [-0.1, -0.05) is 49.9 Å². The number of carbonyl (C=O) groups excluding carboxylic acids is 2. The van der Waals surface area contributed by atoms with Crippen LogP contribution in [0.2, 0.25) is 0 Å². The largest absolute Gasteiger partial charge is 0.497 e. The minimum Gasteiger partial charge on any atom is -0.497 e. The molecule has 3 rings (SSSR count). The van der Waals surface area contributed by atoms with Gasteiger partial charge in [-0.05, 0) is 48.7 Å². The fourth-order valence-electron chi connectivity index (χ4n) is 3.50. The third-order valence-electron chi connectivity index (χ3n) is 5.12. The summed E-state index contributed by atoms with van der Waals surface area (Å²) in [6.07, 6.45) is 2.44. The van der Waals surface area contributed by atoms with Gasteiger partial charge in [0.2, 0.25) is 5.91 Å². The maximum Gasteiger partial charge on any atom is 0.251 e. The van der Waals surface area contributed by atoms with Gasteiger partial charge in [0.1, 0.15) is 5.75 Å². The van der Waals surface area contributed by atoms with Crippen LogP contribution in [0.5, 0.6) is 5.75 Å². The van der Waals surface area contributed by atoms with Crippen molar-refractivity contribution >= 4 is 29.3 Å². The van der Waals surface area contributed by atoms with Gasteiger partial charge in [-0.15, -0.1) is 16.8 Å². The van der Waals surface area contributed by atoms with Crippen molar-refractivity contribution in [1.82, 2.24) is 20.1 Å². The molecular formula is C26H31N5O3S. The Hall–Kier alpha value is -3.59. The van der Waals surface area contributed by atoms with Crippen LogP contribution in [0.1, 0.15) is 42.5 Å². The van der Waals surface area contributed by atoms with Crippen LogP contribution in [0.25, 0.3) is 0 Å². The van der Waals surface area contributed by atoms with Gasteiger partial charge in [-0.25, -0.2) is 0 Å². The van der Waals surface area contributed by atoms with E-state index < -0.39 is 0 Å². The molecule has 0 bridgehead atoms. The third-order valence-corrected chi connectivity index (χ3v) is 6.09. The van der Waals surface area contributed by atoms with Crippen LogP contribution in [0, 0.1) is 5.92 Å². The smallest absolute Gasteiger partial charge is 0.251 e. The topological polar surface area (TPSA) is 98.1 Å². The molecule has 0 fully saturated rings. The average molecular weight is 494 g/mol. The number of nitrogens with zero attached hydrogens (tertiary/aromatic N) is 3. The molecule has 184 valence electrons. The molecule has 0 aliphatic rings. The van der Waals surface area contributed by atoms with E-state index >= 15 is 0 Å². The van der Waals surface area contributed by atoms with Crippen molar-refractivity contribution in [2.75, 3.05) is 18.2 Å². The van der Waals surface area contributed by atoms with E-state index in [2.05, 4.69) is 41.3 Å². The number of hydrogen-bond acceptors (Lipinski definition) is 6. The van der Waals surface area contributed by atoms with Crippen molar-refractivity contribution in [3.05, 3.63) is 78.6 Å². The van der Waals surface area contributed by atoms with Gasteiger partial charge in [-0.3, -0.25) is 9.59 Å². The Labute approximate surface area is 210 Å². The Bertz CT molecular complexity index is 1130. The molecule has 2 amide bonds. The third kappa shape index (κ3) is 7.45. The Morgan fingerprint density at radius 2 is 1.83 bits per heavy atom. The zero-order chi connectivity index (χ0) is 25.2. The van der Waals surface area contributed by atoms with Crippen molar-refractivity contribution in [2.24, 2.45) is 5.92 Å². The first kappa shape index (κ1) is 26.0. The van der Waals surface area contributed by atoms with Crippen molar-refractivity contribution in [3.8, 4) is 5.75 Å². The number of nitrogens with one attached hydrogen (secondary N) is 2. The predicted molar refractivity (Wildman–Crippen MR) is 139 cm³/mol. The zero-order valence-corrected chi connectivity index (χ0v) is 21.0. The average Bonchev–Trinajstić information content (AvgIpc) is 3.25. The number of rotatable bonds is 12. The molecule has 3 aromatic rings. The number of allylic oxidation sites excluding steroid dienone is 1. The molecule has 0 spiro atoms. The molecule has 0 saturated heterocycles. The standard InChI is InChI=1S/C26H31N5O3S/c1-5-15-31-24(22(16-18(2)3)28-25(33)19-9-7-6-8-10-19)29-30-26(31)35-17-23(32)27-20-11-13-21(34-4)14-12-20/h5-14,18,22H,1,15-17H2,2-4H3,(H,27,32)(H,28,33). The monoisotopic (exact) mass is 493 g/mol. The highest BCUT2D eigenvalue weighted by molar-refractivity contribution is 7.99. The Kier molecular flexibility index (Phi) is 9.48. The van der Waals surface area contributed by atoms with Gasteiger partial charge < -0.3 is 19.9 Å². The summed E-state index contributed by atoms with van der Waals surface area (Å²) in [5, 5.41) is 15.3. The minimum atomic E-state index is -0.336. The summed E-state index contributed by atoms with van der Waals surface area (Å²) in [5.41, 5.74) is 1.27. The van der Waals surface area contributed by atoms with E-state index in [1.54, 1.807) is 49.6 Å². The van der Waals surface area contributed by atoms with Gasteiger partial charge in [0.05, 0.1) is 18.9 Å². The molecule has 9 heteroatoms. The number of carbonyl (C=O) groups is 2. The highest BCUT2D eigenvalue weighted by Crippen LogP contribution is 2.26. The molecule has 2 aromatic carbocycles. The van der Waals surface area contributed by atoms with E-state index in [0.717, 1.165) is 5.75 Å². The molecule has 1 atom stereocenters. The first-order valence-electron chi connectivity index (χ1n) is 11.4. The van der Waals surface area contributed by atoms with Crippen molar-refractivity contribution < 1.29 is 14.3 Å². The van der Waals surface area contributed by atoms with Crippen LogP contribution >= 0.6 is 11.8 Å². The summed E-state index contributed by atoms with van der Waals surface area (Å²) < 4.78 is 7.04. The fourth-order valence-corrected chi connectivity index (χ4v) is 4.25. The molecule has 0 aliphatic carbocycles. The maximum absolute atomic E-state index is 12.9. The quantitative estimate of drug-likeness (QED) is 0.280. The van der Waals surface area contributed by atoms with Gasteiger partial charge >= 0.3 is 0 Å². The zero-order valence-electron chi connectivity index (χ0n) is 20.2. The lowest BCUT2D eigenvalue weighted by molar-refractivity contribution is -0.113. The highest BCUT2D eigenvalue weighted by Gasteiger charge is 2.24. The lowest BCUT2D eigenvalue weighted by Crippen LogP contribution is -2.31. The van der Waals surface area contributed by atoms with Crippen LogP contribution in [-0.4, -0.2) is 39.4 Å². The molecule has 2 N–H and O–H groups in total. The second kappa shape index (κ2) is 12.8. The van der Waals surface area contributed by atoms with E-state index in [9.17, 15) is 9.59 Å². The number of aromatic nitrogens is 3. The molecule has 1 heterocycles. The number of anilines is 1. The van der Waals surface area contributed by atoms with Crippen LogP contribution in [0.3, 0.4) is 0 Å². The molecule has 0 aliphatic heterocycles. The summed E-state index contributed by atoms with van der Waals surface area (Å²) in [6, 6.07) is 15.9. The van der Waals surface area contributed by atoms with Crippen molar-refractivity contribution in [2.45, 2.75) is 38.0 Å². The van der Waals surface area contributed by atoms with Gasteiger partial charge in [-0.2, -0.15) is 0 Å². The SMILES string of the molecule is C=CCn1c(SCC(=O)Nc2ccc(OC)cc2)nnc1C(CC(C)C)NC(=O)c1ccccc1. The number of methoxy groups -OCH3 is 1. The lowest BCUT2D eigenvalue weighted by Gasteiger charge is -2.21. The number of ether oxygens (including phenoxy) is 1. The fraction of sp³-hybridized carbons (Fsp3) is 0.308. The normalized spacial score (nSPS) is 11.7. The van der Waals surface area contributed by atoms with E-state index in [4.69, 9.17) is 4.74 Å². The van der Waals surface area contributed by atoms with Crippen LogP contribution in [-0.2, 0) is 11.3 Å². The van der Waals surface area contributed by atoms with Gasteiger partial charge in [0.15, 0.2) is 11.0 Å². The van der Waals surface area contributed by atoms with E-state index in [1.165, 1.54) is 11.8 Å². The van der Waals surface area contributed by atoms with Crippen LogP contribution in [0.4, 0.5) is 5.69 Å². The Balaban J connectivity index is 1.73. The number of benzene rings is 2. The van der Waals surface area contributed by atoms with E-state index in [-0.39, 0.29) is 23.6 Å². The van der Waals surface area contributed by atoms with Crippen LogP contribution < -0.4 is 15.4 Å². The molecule has 1 unspecified atom stereocenters. The molecule has 8 nitrogen and oxygen atoms in total. The lowest BCUT2D eigenvalue weighted by atomic mass is 10.0. The Morgan fingerprint density at radius 3 is 2.46 bits per heavy atom.